The summed E-state index contributed by atoms with van der Waals surface area (Å²) in [4.78, 5) is 21.9. The molecule has 0 spiro atoms. The number of hydrogen-bond donors (Lipinski definition) is 1. The van der Waals surface area contributed by atoms with Gasteiger partial charge in [0.25, 0.3) is 0 Å². The molecule has 0 fully saturated rings. The quantitative estimate of drug-likeness (QED) is 0.485. The molecule has 0 aliphatic carbocycles. The highest BCUT2D eigenvalue weighted by Gasteiger charge is 2.14. The van der Waals surface area contributed by atoms with Crippen LogP contribution >= 0.6 is 22.6 Å². The van der Waals surface area contributed by atoms with Crippen molar-refractivity contribution in [3.63, 3.8) is 0 Å². The molecular formula is C9H7FINO3. The highest BCUT2D eigenvalue weighted by atomic mass is 127. The van der Waals surface area contributed by atoms with Gasteiger partial charge in [-0.1, -0.05) is 0 Å². The summed E-state index contributed by atoms with van der Waals surface area (Å²) in [6.45, 7) is 0. The predicted molar refractivity (Wildman–Crippen MR) is 59.8 cm³/mol. The van der Waals surface area contributed by atoms with E-state index in [9.17, 15) is 14.0 Å². The maximum atomic E-state index is 12.7. The third-order valence-corrected chi connectivity index (χ3v) is 2.44. The highest BCUT2D eigenvalue weighted by Crippen LogP contribution is 2.18. The van der Waals surface area contributed by atoms with E-state index >= 15 is 0 Å². The van der Waals surface area contributed by atoms with E-state index in [1.54, 1.807) is 0 Å². The minimum atomic E-state index is -0.991. The first-order chi connectivity index (χ1) is 7.04. The number of methoxy groups -OCH3 is 1. The first-order valence-corrected chi connectivity index (χ1v) is 4.97. The van der Waals surface area contributed by atoms with Crippen LogP contribution in [-0.2, 0) is 14.3 Å². The fourth-order valence-electron chi connectivity index (χ4n) is 0.857. The van der Waals surface area contributed by atoms with E-state index < -0.39 is 17.7 Å². The Morgan fingerprint density at radius 3 is 2.67 bits per heavy atom. The van der Waals surface area contributed by atoms with Crippen molar-refractivity contribution >= 4 is 40.2 Å². The first kappa shape index (κ1) is 11.9. The number of esters is 1. The molecule has 0 aliphatic rings. The predicted octanol–water partition coefficient (Wildman–Crippen LogP) is 1.54. The van der Waals surface area contributed by atoms with Gasteiger partial charge in [-0.2, -0.15) is 0 Å². The Labute approximate surface area is 98.9 Å². The van der Waals surface area contributed by atoms with Crippen molar-refractivity contribution in [2.45, 2.75) is 0 Å². The number of anilines is 1. The van der Waals surface area contributed by atoms with Crippen LogP contribution in [0.3, 0.4) is 0 Å². The number of ether oxygens (including phenoxy) is 1. The Morgan fingerprint density at radius 2 is 2.13 bits per heavy atom. The van der Waals surface area contributed by atoms with Crippen LogP contribution in [0.2, 0.25) is 0 Å². The molecule has 4 nitrogen and oxygen atoms in total. The molecule has 80 valence electrons. The van der Waals surface area contributed by atoms with Crippen LogP contribution < -0.4 is 5.32 Å². The molecule has 0 bridgehead atoms. The van der Waals surface area contributed by atoms with Crippen LogP contribution in [-0.4, -0.2) is 19.0 Å². The topological polar surface area (TPSA) is 55.4 Å². The summed E-state index contributed by atoms with van der Waals surface area (Å²) in [5.41, 5.74) is 0.368. The third-order valence-electron chi connectivity index (χ3n) is 1.55. The van der Waals surface area contributed by atoms with E-state index in [0.29, 0.717) is 9.26 Å². The summed E-state index contributed by atoms with van der Waals surface area (Å²) in [5, 5.41) is 2.30. The summed E-state index contributed by atoms with van der Waals surface area (Å²) >= 11 is 1.85. The highest BCUT2D eigenvalue weighted by molar-refractivity contribution is 14.1. The third kappa shape index (κ3) is 3.15. The van der Waals surface area contributed by atoms with Crippen molar-refractivity contribution in [3.05, 3.63) is 27.6 Å². The lowest BCUT2D eigenvalue weighted by Gasteiger charge is -2.05. The number of rotatable bonds is 1. The molecule has 0 atom stereocenters. The lowest BCUT2D eigenvalue weighted by Crippen LogP contribution is -2.24. The lowest BCUT2D eigenvalue weighted by atomic mass is 10.3. The van der Waals surface area contributed by atoms with Gasteiger partial charge in [0.1, 0.15) is 5.82 Å². The van der Waals surface area contributed by atoms with Gasteiger partial charge < -0.3 is 10.1 Å². The van der Waals surface area contributed by atoms with Crippen LogP contribution in [0.25, 0.3) is 0 Å². The number of carbonyl (C=O) groups is 2. The maximum absolute atomic E-state index is 12.7. The molecule has 0 unspecified atom stereocenters. The van der Waals surface area contributed by atoms with Crippen LogP contribution in [0, 0.1) is 9.39 Å². The van der Waals surface area contributed by atoms with Crippen LogP contribution in [0.1, 0.15) is 0 Å². The van der Waals surface area contributed by atoms with Gasteiger partial charge in [0.15, 0.2) is 0 Å². The fraction of sp³-hybridized carbons (Fsp3) is 0.111. The van der Waals surface area contributed by atoms with E-state index in [4.69, 9.17) is 0 Å². The van der Waals surface area contributed by atoms with Crippen LogP contribution in [0.5, 0.6) is 0 Å². The molecule has 0 radical (unpaired) electrons. The van der Waals surface area contributed by atoms with Gasteiger partial charge in [-0.15, -0.1) is 0 Å². The zero-order valence-corrected chi connectivity index (χ0v) is 9.87. The second-order valence-corrected chi connectivity index (χ2v) is 3.73. The normalized spacial score (nSPS) is 9.53. The molecule has 0 saturated heterocycles. The monoisotopic (exact) mass is 323 g/mol. The number of halogens is 2. The molecule has 0 aromatic heterocycles. The van der Waals surface area contributed by atoms with Gasteiger partial charge >= 0.3 is 11.9 Å². The largest absolute Gasteiger partial charge is 0.462 e. The Hall–Kier alpha value is -1.18. The minimum Gasteiger partial charge on any atom is -0.462 e. The Bertz CT molecular complexity index is 408. The molecule has 1 rings (SSSR count). The molecule has 0 saturated carbocycles. The molecule has 1 aromatic rings. The van der Waals surface area contributed by atoms with Crippen molar-refractivity contribution in [1.82, 2.24) is 0 Å². The average Bonchev–Trinajstić information content (AvgIpc) is 2.20. The summed E-state index contributed by atoms with van der Waals surface area (Å²) < 4.78 is 17.4. The molecule has 1 N–H and O–H groups in total. The standard InChI is InChI=1S/C9H7FINO3/c1-15-9(14)8(13)12-7-3-2-5(10)4-6(7)11/h2-4H,1H3,(H,12,13). The molecule has 6 heteroatoms. The van der Waals surface area contributed by atoms with Gasteiger partial charge in [0, 0.05) is 3.57 Å². The molecular weight excluding hydrogens is 316 g/mol. The van der Waals surface area contributed by atoms with Crippen molar-refractivity contribution < 1.29 is 18.7 Å². The van der Waals surface area contributed by atoms with Crippen molar-refractivity contribution in [2.24, 2.45) is 0 Å². The van der Waals surface area contributed by atoms with Crippen molar-refractivity contribution in [3.8, 4) is 0 Å². The second-order valence-electron chi connectivity index (χ2n) is 2.57. The second kappa shape index (κ2) is 5.06. The van der Waals surface area contributed by atoms with Gasteiger partial charge in [-0.05, 0) is 40.8 Å². The Balaban J connectivity index is 2.81. The molecule has 1 aromatic carbocycles. The number of benzene rings is 1. The Kier molecular flexibility index (Phi) is 4.01. The molecule has 1 amide bonds. The van der Waals surface area contributed by atoms with Gasteiger partial charge in [-0.25, -0.2) is 9.18 Å². The summed E-state index contributed by atoms with van der Waals surface area (Å²) in [6.07, 6.45) is 0. The SMILES string of the molecule is COC(=O)C(=O)Nc1ccc(F)cc1I. The van der Waals surface area contributed by atoms with Gasteiger partial charge in [-0.3, -0.25) is 4.79 Å². The number of nitrogens with one attached hydrogen (secondary N) is 1. The fourth-order valence-corrected chi connectivity index (χ4v) is 1.47. The smallest absolute Gasteiger partial charge is 0.396 e. The number of hydrogen-bond acceptors (Lipinski definition) is 3. The van der Waals surface area contributed by atoms with Gasteiger partial charge in [0.05, 0.1) is 12.8 Å². The molecule has 0 aliphatic heterocycles. The van der Waals surface area contributed by atoms with Crippen LogP contribution in [0.15, 0.2) is 18.2 Å². The number of amides is 1. The van der Waals surface area contributed by atoms with Crippen molar-refractivity contribution in [2.75, 3.05) is 12.4 Å². The van der Waals surface area contributed by atoms with E-state index in [0.717, 1.165) is 7.11 Å². The lowest BCUT2D eigenvalue weighted by molar-refractivity contribution is -0.150. The number of carbonyl (C=O) groups excluding carboxylic acids is 2. The van der Waals surface area contributed by atoms with Crippen LogP contribution in [0.4, 0.5) is 10.1 Å². The Morgan fingerprint density at radius 1 is 1.47 bits per heavy atom. The van der Waals surface area contributed by atoms with Gasteiger partial charge in [0.2, 0.25) is 0 Å². The summed E-state index contributed by atoms with van der Waals surface area (Å²) in [7, 11) is 1.11. The van der Waals surface area contributed by atoms with E-state index in [-0.39, 0.29) is 0 Å². The van der Waals surface area contributed by atoms with Crippen molar-refractivity contribution in [1.29, 1.82) is 0 Å². The van der Waals surface area contributed by atoms with E-state index in [2.05, 4.69) is 10.1 Å². The zero-order chi connectivity index (χ0) is 11.4. The molecule has 0 heterocycles. The van der Waals surface area contributed by atoms with E-state index in [1.165, 1.54) is 18.2 Å². The summed E-state index contributed by atoms with van der Waals surface area (Å²) in [5.74, 6) is -2.28. The zero-order valence-electron chi connectivity index (χ0n) is 7.71. The first-order valence-electron chi connectivity index (χ1n) is 3.89. The summed E-state index contributed by atoms with van der Waals surface area (Å²) in [6, 6.07) is 3.81. The molecule has 15 heavy (non-hydrogen) atoms. The average molecular weight is 323 g/mol. The minimum absolute atomic E-state index is 0.368. The van der Waals surface area contributed by atoms with E-state index in [1.807, 2.05) is 22.6 Å². The maximum Gasteiger partial charge on any atom is 0.396 e.